The number of anilines is 1. The number of nitrogens with one attached hydrogen (secondary N) is 1. The van der Waals surface area contributed by atoms with Gasteiger partial charge in [-0.05, 0) is 44.9 Å². The molecule has 0 atom stereocenters. The van der Waals surface area contributed by atoms with E-state index in [2.05, 4.69) is 10.1 Å². The molecule has 0 amide bonds. The third-order valence-electron chi connectivity index (χ3n) is 3.69. The number of aryl methyl sites for hydroxylation is 1. The molecule has 1 N–H and O–H groups in total. The van der Waals surface area contributed by atoms with E-state index in [9.17, 15) is 22.4 Å². The van der Waals surface area contributed by atoms with Crippen molar-refractivity contribution in [1.82, 2.24) is 0 Å². The predicted octanol–water partition coefficient (Wildman–Crippen LogP) is 4.91. The minimum Gasteiger partial charge on any atom is -0.420 e. The molecule has 0 spiro atoms. The zero-order valence-corrected chi connectivity index (χ0v) is 14.6. The lowest BCUT2D eigenvalue weighted by Crippen LogP contribution is -2.14. The van der Waals surface area contributed by atoms with Crippen molar-refractivity contribution < 1.29 is 27.1 Å². The van der Waals surface area contributed by atoms with Crippen LogP contribution in [0.25, 0.3) is 0 Å². The van der Waals surface area contributed by atoms with Gasteiger partial charge in [-0.3, -0.25) is 4.79 Å². The van der Waals surface area contributed by atoms with Crippen LogP contribution < -0.4 is 10.1 Å². The van der Waals surface area contributed by atoms with Crippen LogP contribution in [0.1, 0.15) is 31.4 Å². The van der Waals surface area contributed by atoms with Crippen molar-refractivity contribution in [1.29, 1.82) is 0 Å². The maximum Gasteiger partial charge on any atom is 0.311 e. The number of benzene rings is 2. The Hall–Kier alpha value is -2.57. The Morgan fingerprint density at radius 3 is 2.19 bits per heavy atom. The van der Waals surface area contributed by atoms with Gasteiger partial charge in [0.1, 0.15) is 0 Å². The Bertz CT molecular complexity index is 775. The third-order valence-corrected chi connectivity index (χ3v) is 3.69. The van der Waals surface area contributed by atoms with Crippen LogP contribution in [0.4, 0.5) is 23.2 Å². The Morgan fingerprint density at radius 1 is 1.00 bits per heavy atom. The Morgan fingerprint density at radius 2 is 1.62 bits per heavy atom. The number of carbonyl (C=O) groups is 1. The predicted molar refractivity (Wildman–Crippen MR) is 90.2 cm³/mol. The zero-order chi connectivity index (χ0) is 19.4. The molecule has 0 radical (unpaired) electrons. The van der Waals surface area contributed by atoms with Gasteiger partial charge in [0.15, 0.2) is 17.5 Å². The molecule has 3 nitrogen and oxygen atoms in total. The topological polar surface area (TPSA) is 38.3 Å². The number of halogens is 4. The highest BCUT2D eigenvalue weighted by atomic mass is 19.2. The van der Waals surface area contributed by atoms with Gasteiger partial charge in [0, 0.05) is 23.7 Å². The number of esters is 1. The van der Waals surface area contributed by atoms with Crippen molar-refractivity contribution in [2.45, 2.75) is 39.7 Å². The highest BCUT2D eigenvalue weighted by molar-refractivity contribution is 5.73. The first kappa shape index (κ1) is 19.8. The van der Waals surface area contributed by atoms with Crippen LogP contribution in [0.3, 0.4) is 0 Å². The standard InChI is InChI=1S/C19H19F4NO2/c1-10(2)24-13-7-4-12(5-8-13)6-9-14(25)26-19-16(21)11(3)15(20)17(22)18(19)23/h4-5,7-8,10,24H,6,9H2,1-3H3. The maximum atomic E-state index is 13.8. The van der Waals surface area contributed by atoms with E-state index >= 15 is 0 Å². The fourth-order valence-corrected chi connectivity index (χ4v) is 2.33. The number of rotatable bonds is 6. The van der Waals surface area contributed by atoms with E-state index in [1.807, 2.05) is 26.0 Å². The molecular formula is C19H19F4NO2. The lowest BCUT2D eigenvalue weighted by atomic mass is 10.1. The van der Waals surface area contributed by atoms with Crippen molar-refractivity contribution in [2.75, 3.05) is 5.32 Å². The van der Waals surface area contributed by atoms with Crippen molar-refractivity contribution >= 4 is 11.7 Å². The lowest BCUT2D eigenvalue weighted by Gasteiger charge is -2.11. The maximum absolute atomic E-state index is 13.8. The van der Waals surface area contributed by atoms with Gasteiger partial charge in [-0.15, -0.1) is 0 Å². The Balaban J connectivity index is 2.02. The molecule has 0 aromatic heterocycles. The molecule has 2 rings (SSSR count). The lowest BCUT2D eigenvalue weighted by molar-refractivity contribution is -0.134. The normalized spacial score (nSPS) is 10.9. The molecule has 2 aromatic rings. The summed E-state index contributed by atoms with van der Waals surface area (Å²) in [6, 6.07) is 7.58. The molecule has 0 bridgehead atoms. The van der Waals surface area contributed by atoms with Crippen molar-refractivity contribution in [3.8, 4) is 5.75 Å². The monoisotopic (exact) mass is 369 g/mol. The fraction of sp³-hybridized carbons (Fsp3) is 0.316. The van der Waals surface area contributed by atoms with E-state index in [1.54, 1.807) is 12.1 Å². The van der Waals surface area contributed by atoms with Gasteiger partial charge in [0.05, 0.1) is 0 Å². The molecule has 7 heteroatoms. The van der Waals surface area contributed by atoms with Crippen LogP contribution in [-0.2, 0) is 11.2 Å². The molecule has 0 saturated heterocycles. The summed E-state index contributed by atoms with van der Waals surface area (Å²) in [6.45, 7) is 4.93. The highest BCUT2D eigenvalue weighted by Gasteiger charge is 2.26. The van der Waals surface area contributed by atoms with Crippen molar-refractivity contribution in [2.24, 2.45) is 0 Å². The number of ether oxygens (including phenoxy) is 1. The minimum atomic E-state index is -1.88. The quantitative estimate of drug-likeness (QED) is 0.259. The number of carbonyl (C=O) groups excluding carboxylic acids is 1. The third kappa shape index (κ3) is 4.53. The van der Waals surface area contributed by atoms with E-state index in [4.69, 9.17) is 0 Å². The average Bonchev–Trinajstić information content (AvgIpc) is 2.61. The van der Waals surface area contributed by atoms with Crippen LogP contribution in [0, 0.1) is 30.2 Å². The molecule has 0 saturated carbocycles. The molecule has 140 valence electrons. The molecule has 0 unspecified atom stereocenters. The minimum absolute atomic E-state index is 0.173. The molecule has 0 aliphatic heterocycles. The van der Waals surface area contributed by atoms with Gasteiger partial charge in [-0.1, -0.05) is 12.1 Å². The first-order valence-electron chi connectivity index (χ1n) is 8.09. The van der Waals surface area contributed by atoms with E-state index in [0.717, 1.165) is 18.2 Å². The van der Waals surface area contributed by atoms with Crippen LogP contribution in [0.15, 0.2) is 24.3 Å². The van der Waals surface area contributed by atoms with E-state index in [-0.39, 0.29) is 18.9 Å². The fourth-order valence-electron chi connectivity index (χ4n) is 2.33. The van der Waals surface area contributed by atoms with Crippen LogP contribution in [-0.4, -0.2) is 12.0 Å². The first-order chi connectivity index (χ1) is 12.2. The number of hydrogen-bond donors (Lipinski definition) is 1. The number of hydrogen-bond acceptors (Lipinski definition) is 3. The summed E-state index contributed by atoms with van der Waals surface area (Å²) in [7, 11) is 0. The summed E-state index contributed by atoms with van der Waals surface area (Å²) < 4.78 is 58.7. The van der Waals surface area contributed by atoms with Crippen LogP contribution in [0.2, 0.25) is 0 Å². The van der Waals surface area contributed by atoms with E-state index in [0.29, 0.717) is 0 Å². The molecule has 2 aromatic carbocycles. The second kappa shape index (κ2) is 8.21. The van der Waals surface area contributed by atoms with Crippen LogP contribution in [0.5, 0.6) is 5.75 Å². The van der Waals surface area contributed by atoms with Gasteiger partial charge in [-0.2, -0.15) is 4.39 Å². The SMILES string of the molecule is Cc1c(F)c(F)c(F)c(OC(=O)CCc2ccc(NC(C)C)cc2)c1F. The second-order valence-electron chi connectivity index (χ2n) is 6.18. The molecule has 26 heavy (non-hydrogen) atoms. The average molecular weight is 369 g/mol. The summed E-state index contributed by atoms with van der Waals surface area (Å²) in [6.07, 6.45) is 0.0978. The largest absolute Gasteiger partial charge is 0.420 e. The molecule has 0 heterocycles. The smallest absolute Gasteiger partial charge is 0.311 e. The Labute approximate surface area is 149 Å². The Kier molecular flexibility index (Phi) is 6.23. The van der Waals surface area contributed by atoms with Gasteiger partial charge in [0.2, 0.25) is 11.6 Å². The van der Waals surface area contributed by atoms with Gasteiger partial charge < -0.3 is 10.1 Å². The molecule has 0 aliphatic carbocycles. The van der Waals surface area contributed by atoms with Crippen molar-refractivity contribution in [3.05, 3.63) is 58.7 Å². The summed E-state index contributed by atoms with van der Waals surface area (Å²) in [5.41, 5.74) is 0.992. The van der Waals surface area contributed by atoms with E-state index < -0.39 is 40.6 Å². The molecule has 0 aliphatic rings. The van der Waals surface area contributed by atoms with Crippen LogP contribution >= 0.6 is 0 Å². The van der Waals surface area contributed by atoms with E-state index in [1.165, 1.54) is 0 Å². The zero-order valence-electron chi connectivity index (χ0n) is 14.6. The van der Waals surface area contributed by atoms with Gasteiger partial charge in [-0.25, -0.2) is 13.2 Å². The summed E-state index contributed by atoms with van der Waals surface area (Å²) in [5, 5.41) is 3.22. The highest BCUT2D eigenvalue weighted by Crippen LogP contribution is 2.30. The summed E-state index contributed by atoms with van der Waals surface area (Å²) in [5.74, 6) is -8.97. The summed E-state index contributed by atoms with van der Waals surface area (Å²) >= 11 is 0. The molecule has 0 fully saturated rings. The first-order valence-corrected chi connectivity index (χ1v) is 8.09. The molecular weight excluding hydrogens is 350 g/mol. The summed E-state index contributed by atoms with van der Waals surface area (Å²) in [4.78, 5) is 11.8. The van der Waals surface area contributed by atoms with Gasteiger partial charge >= 0.3 is 5.97 Å². The van der Waals surface area contributed by atoms with Crippen molar-refractivity contribution in [3.63, 3.8) is 0 Å². The van der Waals surface area contributed by atoms with Gasteiger partial charge in [0.25, 0.3) is 0 Å². The second-order valence-corrected chi connectivity index (χ2v) is 6.18.